The summed E-state index contributed by atoms with van der Waals surface area (Å²) in [6.45, 7) is 1.97. The van der Waals surface area contributed by atoms with Crippen molar-refractivity contribution in [3.05, 3.63) is 78.1 Å². The predicted molar refractivity (Wildman–Crippen MR) is 108 cm³/mol. The highest BCUT2D eigenvalue weighted by Crippen LogP contribution is 2.15. The Kier molecular flexibility index (Phi) is 6.63. The van der Waals surface area contributed by atoms with Crippen LogP contribution in [0.2, 0.25) is 0 Å². The van der Waals surface area contributed by atoms with Crippen LogP contribution in [0.3, 0.4) is 0 Å². The molecule has 0 saturated carbocycles. The van der Waals surface area contributed by atoms with Crippen LogP contribution < -0.4 is 10.1 Å². The SMILES string of the molecule is CCOC(=O)C(Cc1ccccc1)NC(=O)c1ccn(-c2ccc(OC)cc2)n1. The number of rotatable bonds is 8. The molecule has 0 fully saturated rings. The number of esters is 1. The van der Waals surface area contributed by atoms with Gasteiger partial charge in [0.05, 0.1) is 19.4 Å². The fraction of sp³-hybridized carbons (Fsp3) is 0.227. The van der Waals surface area contributed by atoms with E-state index in [1.54, 1.807) is 31.0 Å². The molecular weight excluding hydrogens is 370 g/mol. The summed E-state index contributed by atoms with van der Waals surface area (Å²) in [5.41, 5.74) is 1.92. The van der Waals surface area contributed by atoms with E-state index in [4.69, 9.17) is 9.47 Å². The van der Waals surface area contributed by atoms with Gasteiger partial charge in [-0.15, -0.1) is 0 Å². The summed E-state index contributed by atoms with van der Waals surface area (Å²) >= 11 is 0. The van der Waals surface area contributed by atoms with E-state index in [-0.39, 0.29) is 12.3 Å². The Morgan fingerprint density at radius 3 is 2.45 bits per heavy atom. The minimum atomic E-state index is -0.795. The van der Waals surface area contributed by atoms with Crippen LogP contribution in [0, 0.1) is 0 Å². The Bertz CT molecular complexity index is 952. The highest BCUT2D eigenvalue weighted by molar-refractivity contribution is 5.95. The molecule has 0 bridgehead atoms. The van der Waals surface area contributed by atoms with Gasteiger partial charge in [-0.25, -0.2) is 9.48 Å². The van der Waals surface area contributed by atoms with Crippen LogP contribution >= 0.6 is 0 Å². The third-order valence-corrected chi connectivity index (χ3v) is 4.32. The van der Waals surface area contributed by atoms with Crippen LogP contribution in [0.1, 0.15) is 23.0 Å². The molecule has 3 rings (SSSR count). The second-order valence-electron chi connectivity index (χ2n) is 6.31. The summed E-state index contributed by atoms with van der Waals surface area (Å²) in [4.78, 5) is 25.0. The van der Waals surface area contributed by atoms with E-state index in [1.807, 2.05) is 54.6 Å². The van der Waals surface area contributed by atoms with Gasteiger partial charge in [0, 0.05) is 12.6 Å². The first-order valence-electron chi connectivity index (χ1n) is 9.32. The highest BCUT2D eigenvalue weighted by Gasteiger charge is 2.24. The number of benzene rings is 2. The molecule has 1 N–H and O–H groups in total. The first kappa shape index (κ1) is 20.1. The molecule has 0 aliphatic carbocycles. The molecule has 1 unspecified atom stereocenters. The molecule has 0 aliphatic heterocycles. The van der Waals surface area contributed by atoms with Crippen LogP contribution in [-0.4, -0.2) is 41.4 Å². The number of amides is 1. The van der Waals surface area contributed by atoms with E-state index < -0.39 is 17.9 Å². The van der Waals surface area contributed by atoms with Gasteiger partial charge in [-0.05, 0) is 42.8 Å². The monoisotopic (exact) mass is 393 g/mol. The molecule has 7 heteroatoms. The second-order valence-corrected chi connectivity index (χ2v) is 6.31. The molecule has 0 spiro atoms. The maximum Gasteiger partial charge on any atom is 0.328 e. The van der Waals surface area contributed by atoms with Gasteiger partial charge in [-0.3, -0.25) is 4.79 Å². The Hall–Kier alpha value is -3.61. The number of nitrogens with one attached hydrogen (secondary N) is 1. The number of nitrogens with zero attached hydrogens (tertiary/aromatic N) is 2. The number of methoxy groups -OCH3 is 1. The number of carbonyl (C=O) groups is 2. The molecule has 0 radical (unpaired) electrons. The molecule has 3 aromatic rings. The van der Waals surface area contributed by atoms with Gasteiger partial charge in [-0.1, -0.05) is 30.3 Å². The zero-order chi connectivity index (χ0) is 20.6. The van der Waals surface area contributed by atoms with Crippen molar-refractivity contribution >= 4 is 11.9 Å². The van der Waals surface area contributed by atoms with Gasteiger partial charge in [0.1, 0.15) is 11.8 Å². The Morgan fingerprint density at radius 2 is 1.79 bits per heavy atom. The van der Waals surface area contributed by atoms with Crippen molar-refractivity contribution < 1.29 is 19.1 Å². The summed E-state index contributed by atoms with van der Waals surface area (Å²) in [5.74, 6) is -0.178. The van der Waals surface area contributed by atoms with Gasteiger partial charge in [0.2, 0.25) is 0 Å². The summed E-state index contributed by atoms with van der Waals surface area (Å²) in [6.07, 6.45) is 2.03. The van der Waals surface area contributed by atoms with Gasteiger partial charge in [0.25, 0.3) is 5.91 Å². The Morgan fingerprint density at radius 1 is 1.07 bits per heavy atom. The zero-order valence-electron chi connectivity index (χ0n) is 16.4. The molecule has 150 valence electrons. The topological polar surface area (TPSA) is 82.5 Å². The molecular formula is C22H23N3O4. The van der Waals surface area contributed by atoms with Gasteiger partial charge in [0.15, 0.2) is 5.69 Å². The van der Waals surface area contributed by atoms with E-state index in [2.05, 4.69) is 10.4 Å². The summed E-state index contributed by atoms with van der Waals surface area (Å²) < 4.78 is 11.9. The molecule has 1 aromatic heterocycles. The molecule has 1 amide bonds. The van der Waals surface area contributed by atoms with Crippen LogP contribution in [0.25, 0.3) is 5.69 Å². The van der Waals surface area contributed by atoms with Crippen molar-refractivity contribution in [1.29, 1.82) is 0 Å². The molecule has 1 atom stereocenters. The quantitative estimate of drug-likeness (QED) is 0.595. The molecule has 0 saturated heterocycles. The highest BCUT2D eigenvalue weighted by atomic mass is 16.5. The Labute approximate surface area is 169 Å². The maximum absolute atomic E-state index is 12.7. The van der Waals surface area contributed by atoms with Crippen molar-refractivity contribution in [3.63, 3.8) is 0 Å². The summed E-state index contributed by atoms with van der Waals surface area (Å²) in [6, 6.07) is 17.6. The fourth-order valence-corrected chi connectivity index (χ4v) is 2.84. The number of aromatic nitrogens is 2. The number of carbonyl (C=O) groups excluding carboxylic acids is 2. The first-order valence-corrected chi connectivity index (χ1v) is 9.32. The largest absolute Gasteiger partial charge is 0.497 e. The van der Waals surface area contributed by atoms with Crippen molar-refractivity contribution in [2.75, 3.05) is 13.7 Å². The number of ether oxygens (including phenoxy) is 2. The lowest BCUT2D eigenvalue weighted by molar-refractivity contribution is -0.145. The fourth-order valence-electron chi connectivity index (χ4n) is 2.84. The average Bonchev–Trinajstić information content (AvgIpc) is 3.25. The number of hydrogen-bond donors (Lipinski definition) is 1. The zero-order valence-corrected chi connectivity index (χ0v) is 16.4. The van der Waals surface area contributed by atoms with E-state index in [0.29, 0.717) is 6.42 Å². The lowest BCUT2D eigenvalue weighted by atomic mass is 10.1. The second kappa shape index (κ2) is 9.54. The lowest BCUT2D eigenvalue weighted by Crippen LogP contribution is -2.43. The maximum atomic E-state index is 12.7. The minimum Gasteiger partial charge on any atom is -0.497 e. The third-order valence-electron chi connectivity index (χ3n) is 4.32. The number of hydrogen-bond acceptors (Lipinski definition) is 5. The van der Waals surface area contributed by atoms with Crippen molar-refractivity contribution in [2.45, 2.75) is 19.4 Å². The third kappa shape index (κ3) is 5.22. The molecule has 29 heavy (non-hydrogen) atoms. The molecule has 7 nitrogen and oxygen atoms in total. The van der Waals surface area contributed by atoms with E-state index in [9.17, 15) is 9.59 Å². The molecule has 2 aromatic carbocycles. The first-order chi connectivity index (χ1) is 14.1. The lowest BCUT2D eigenvalue weighted by Gasteiger charge is -2.16. The predicted octanol–water partition coefficient (Wildman–Crippen LogP) is 2.79. The van der Waals surface area contributed by atoms with E-state index in [0.717, 1.165) is 17.0 Å². The standard InChI is InChI=1S/C22H23N3O4/c1-3-29-22(27)20(15-16-7-5-4-6-8-16)23-21(26)19-13-14-25(24-19)17-9-11-18(28-2)12-10-17/h4-14,20H,3,15H2,1-2H3,(H,23,26). The van der Waals surface area contributed by atoms with Crippen molar-refractivity contribution in [2.24, 2.45) is 0 Å². The van der Waals surface area contributed by atoms with Crippen molar-refractivity contribution in [3.8, 4) is 11.4 Å². The summed E-state index contributed by atoms with van der Waals surface area (Å²) in [7, 11) is 1.60. The molecule has 0 aliphatic rings. The van der Waals surface area contributed by atoms with Gasteiger partial charge < -0.3 is 14.8 Å². The van der Waals surface area contributed by atoms with Crippen LogP contribution in [0.15, 0.2) is 66.9 Å². The van der Waals surface area contributed by atoms with Gasteiger partial charge in [-0.2, -0.15) is 5.10 Å². The van der Waals surface area contributed by atoms with Crippen LogP contribution in [0.5, 0.6) is 5.75 Å². The summed E-state index contributed by atoms with van der Waals surface area (Å²) in [5, 5.41) is 7.05. The van der Waals surface area contributed by atoms with Crippen molar-refractivity contribution in [1.82, 2.24) is 15.1 Å². The Balaban J connectivity index is 1.73. The molecule has 1 heterocycles. The van der Waals surface area contributed by atoms with Gasteiger partial charge >= 0.3 is 5.97 Å². The van der Waals surface area contributed by atoms with Crippen LogP contribution in [-0.2, 0) is 16.0 Å². The smallest absolute Gasteiger partial charge is 0.328 e. The normalized spacial score (nSPS) is 11.5. The van der Waals surface area contributed by atoms with Crippen LogP contribution in [0.4, 0.5) is 0 Å². The average molecular weight is 393 g/mol. The van der Waals surface area contributed by atoms with E-state index >= 15 is 0 Å². The van der Waals surface area contributed by atoms with E-state index in [1.165, 1.54) is 0 Å². The minimum absolute atomic E-state index is 0.211.